The summed E-state index contributed by atoms with van der Waals surface area (Å²) in [5.74, 6) is 0.834. The van der Waals surface area contributed by atoms with E-state index in [-0.39, 0.29) is 12.1 Å². The number of hydrogen-bond donors (Lipinski definition) is 2. The van der Waals surface area contributed by atoms with Crippen molar-refractivity contribution in [2.75, 3.05) is 13.2 Å². The molecule has 0 saturated carbocycles. The van der Waals surface area contributed by atoms with Gasteiger partial charge in [-0.15, -0.1) is 0 Å². The second-order valence-electron chi connectivity index (χ2n) is 5.78. The first-order chi connectivity index (χ1) is 8.92. The third-order valence-electron chi connectivity index (χ3n) is 2.67. The van der Waals surface area contributed by atoms with Crippen molar-refractivity contribution in [3.63, 3.8) is 0 Å². The number of aliphatic hydroxyl groups is 1. The quantitative estimate of drug-likeness (QED) is 0.744. The van der Waals surface area contributed by atoms with E-state index in [1.54, 1.807) is 0 Å². The minimum Gasteiger partial charge on any atom is -0.492 e. The molecule has 0 spiro atoms. The van der Waals surface area contributed by atoms with Crippen molar-refractivity contribution in [2.24, 2.45) is 0 Å². The molecule has 4 nitrogen and oxygen atoms in total. The highest BCUT2D eigenvalue weighted by Gasteiger charge is 2.12. The van der Waals surface area contributed by atoms with Gasteiger partial charge in [0.2, 0.25) is 0 Å². The molecule has 0 aliphatic carbocycles. The maximum absolute atomic E-state index is 8.75. The number of ether oxygens (including phenoxy) is 1. The molecule has 1 heterocycles. The van der Waals surface area contributed by atoms with Crippen LogP contribution in [0.2, 0.25) is 0 Å². The minimum atomic E-state index is 0.0551. The molecule has 108 valence electrons. The molecule has 0 saturated heterocycles. The third-order valence-corrected chi connectivity index (χ3v) is 2.67. The first-order valence-electron chi connectivity index (χ1n) is 6.87. The summed E-state index contributed by atoms with van der Waals surface area (Å²) in [6.07, 6.45) is 1.63. The van der Waals surface area contributed by atoms with Crippen molar-refractivity contribution in [3.05, 3.63) is 23.5 Å². The lowest BCUT2D eigenvalue weighted by Gasteiger charge is -2.21. The Hall–Kier alpha value is -1.13. The summed E-state index contributed by atoms with van der Waals surface area (Å²) in [6, 6.07) is 3.93. The van der Waals surface area contributed by atoms with Crippen LogP contribution in [0, 0.1) is 6.92 Å². The smallest absolute Gasteiger partial charge is 0.142 e. The molecular weight excluding hydrogens is 240 g/mol. The maximum Gasteiger partial charge on any atom is 0.142 e. The van der Waals surface area contributed by atoms with Crippen molar-refractivity contribution in [3.8, 4) is 5.75 Å². The fourth-order valence-electron chi connectivity index (χ4n) is 1.60. The zero-order valence-electron chi connectivity index (χ0n) is 12.5. The number of aryl methyl sites for hydroxylation is 1. The predicted octanol–water partition coefficient (Wildman–Crippen LogP) is 2.43. The normalized spacial score (nSPS) is 11.6. The van der Waals surface area contributed by atoms with E-state index in [1.807, 2.05) is 19.1 Å². The molecular formula is C15H26N2O2. The Balaban J connectivity index is 2.63. The van der Waals surface area contributed by atoms with Gasteiger partial charge in [-0.25, -0.2) is 0 Å². The SMILES string of the molecule is Cc1ccc(OCCCCO)c(CNC(C)(C)C)n1. The van der Waals surface area contributed by atoms with Gasteiger partial charge in [0.15, 0.2) is 0 Å². The van der Waals surface area contributed by atoms with E-state index in [2.05, 4.69) is 31.1 Å². The zero-order valence-corrected chi connectivity index (χ0v) is 12.5. The van der Waals surface area contributed by atoms with Crippen molar-refractivity contribution in [1.29, 1.82) is 0 Å². The van der Waals surface area contributed by atoms with Crippen LogP contribution in [0.4, 0.5) is 0 Å². The fourth-order valence-corrected chi connectivity index (χ4v) is 1.60. The summed E-state index contributed by atoms with van der Waals surface area (Å²) in [7, 11) is 0. The van der Waals surface area contributed by atoms with E-state index >= 15 is 0 Å². The van der Waals surface area contributed by atoms with Crippen molar-refractivity contribution < 1.29 is 9.84 Å². The number of unbranched alkanes of at least 4 members (excludes halogenated alkanes) is 1. The fraction of sp³-hybridized carbons (Fsp3) is 0.667. The van der Waals surface area contributed by atoms with E-state index in [9.17, 15) is 0 Å². The molecule has 0 unspecified atom stereocenters. The number of nitrogens with zero attached hydrogens (tertiary/aromatic N) is 1. The first-order valence-corrected chi connectivity index (χ1v) is 6.87. The molecule has 0 fully saturated rings. The van der Waals surface area contributed by atoms with E-state index in [4.69, 9.17) is 9.84 Å². The van der Waals surface area contributed by atoms with Gasteiger partial charge >= 0.3 is 0 Å². The summed E-state index contributed by atoms with van der Waals surface area (Å²) in [5, 5.41) is 12.2. The lowest BCUT2D eigenvalue weighted by atomic mass is 10.1. The van der Waals surface area contributed by atoms with Gasteiger partial charge in [-0.2, -0.15) is 0 Å². The maximum atomic E-state index is 8.75. The number of aromatic nitrogens is 1. The summed E-state index contributed by atoms with van der Waals surface area (Å²) in [5.41, 5.74) is 1.99. The Bertz CT molecular complexity index is 386. The van der Waals surface area contributed by atoms with Crippen molar-refractivity contribution >= 4 is 0 Å². The number of pyridine rings is 1. The van der Waals surface area contributed by atoms with E-state index in [0.29, 0.717) is 13.2 Å². The van der Waals surface area contributed by atoms with Gasteiger partial charge in [0.25, 0.3) is 0 Å². The predicted molar refractivity (Wildman–Crippen MR) is 77.4 cm³/mol. The lowest BCUT2D eigenvalue weighted by Crippen LogP contribution is -2.35. The molecule has 0 aliphatic heterocycles. The first kappa shape index (κ1) is 15.9. The van der Waals surface area contributed by atoms with Crippen LogP contribution in [0.25, 0.3) is 0 Å². The molecule has 0 amide bonds. The summed E-state index contributed by atoms with van der Waals surface area (Å²) in [6.45, 7) is 9.90. The van der Waals surface area contributed by atoms with Crippen molar-refractivity contribution in [1.82, 2.24) is 10.3 Å². The number of hydrogen-bond acceptors (Lipinski definition) is 4. The van der Waals surface area contributed by atoms with Gasteiger partial charge < -0.3 is 15.2 Å². The Morgan fingerprint density at radius 1 is 1.26 bits per heavy atom. The average Bonchev–Trinajstić information content (AvgIpc) is 2.33. The highest BCUT2D eigenvalue weighted by Crippen LogP contribution is 2.18. The monoisotopic (exact) mass is 266 g/mol. The van der Waals surface area contributed by atoms with Gasteiger partial charge in [0.05, 0.1) is 12.3 Å². The molecule has 19 heavy (non-hydrogen) atoms. The summed E-state index contributed by atoms with van der Waals surface area (Å²) >= 11 is 0. The second-order valence-corrected chi connectivity index (χ2v) is 5.78. The molecule has 1 aromatic rings. The molecule has 1 rings (SSSR count). The van der Waals surface area contributed by atoms with Crippen LogP contribution in [0.3, 0.4) is 0 Å². The third kappa shape index (κ3) is 6.55. The van der Waals surface area contributed by atoms with E-state index in [1.165, 1.54) is 0 Å². The molecule has 0 bridgehead atoms. The van der Waals surface area contributed by atoms with Gasteiger partial charge in [0, 0.05) is 24.4 Å². The molecule has 0 aliphatic rings. The van der Waals surface area contributed by atoms with Crippen LogP contribution in [0.1, 0.15) is 45.0 Å². The Morgan fingerprint density at radius 2 is 2.00 bits per heavy atom. The summed E-state index contributed by atoms with van der Waals surface area (Å²) < 4.78 is 5.75. The average molecular weight is 266 g/mol. The number of nitrogens with one attached hydrogen (secondary N) is 1. The van der Waals surface area contributed by atoms with E-state index < -0.39 is 0 Å². The standard InChI is InChI=1S/C15H26N2O2/c1-12-7-8-14(19-10-6-5-9-18)13(17-12)11-16-15(2,3)4/h7-8,16,18H,5-6,9-11H2,1-4H3. The van der Waals surface area contributed by atoms with Crippen LogP contribution in [0.5, 0.6) is 5.75 Å². The zero-order chi connectivity index (χ0) is 14.3. The van der Waals surface area contributed by atoms with Crippen LogP contribution < -0.4 is 10.1 Å². The van der Waals surface area contributed by atoms with Crippen LogP contribution in [-0.4, -0.2) is 28.8 Å². The van der Waals surface area contributed by atoms with Gasteiger partial charge in [-0.05, 0) is 52.7 Å². The van der Waals surface area contributed by atoms with Gasteiger partial charge in [-0.3, -0.25) is 4.98 Å². The Labute approximate surface area is 116 Å². The number of aliphatic hydroxyl groups excluding tert-OH is 1. The van der Waals surface area contributed by atoms with Gasteiger partial charge in [-0.1, -0.05) is 0 Å². The highest BCUT2D eigenvalue weighted by molar-refractivity contribution is 5.29. The topological polar surface area (TPSA) is 54.4 Å². The molecule has 0 radical (unpaired) electrons. The molecule has 0 atom stereocenters. The van der Waals surface area contributed by atoms with Gasteiger partial charge in [0.1, 0.15) is 5.75 Å². The second kappa shape index (κ2) is 7.46. The minimum absolute atomic E-state index is 0.0551. The number of rotatable bonds is 7. The molecule has 0 aromatic carbocycles. The van der Waals surface area contributed by atoms with Crippen LogP contribution >= 0.6 is 0 Å². The lowest BCUT2D eigenvalue weighted by molar-refractivity contribution is 0.251. The molecule has 1 aromatic heterocycles. The van der Waals surface area contributed by atoms with Crippen LogP contribution in [0.15, 0.2) is 12.1 Å². The molecule has 4 heteroatoms. The molecule has 2 N–H and O–H groups in total. The Morgan fingerprint density at radius 3 is 2.63 bits per heavy atom. The summed E-state index contributed by atoms with van der Waals surface area (Å²) in [4.78, 5) is 4.54. The highest BCUT2D eigenvalue weighted by atomic mass is 16.5. The van der Waals surface area contributed by atoms with Crippen LogP contribution in [-0.2, 0) is 6.54 Å². The largest absolute Gasteiger partial charge is 0.492 e. The van der Waals surface area contributed by atoms with Crippen molar-refractivity contribution in [2.45, 2.75) is 52.6 Å². The van der Waals surface area contributed by atoms with E-state index in [0.717, 1.165) is 30.0 Å². The Kier molecular flexibility index (Phi) is 6.25.